The largest absolute Gasteiger partial charge is 0.446 e. The van der Waals surface area contributed by atoms with Crippen LogP contribution in [0.15, 0.2) is 5.16 Å². The van der Waals surface area contributed by atoms with Gasteiger partial charge in [-0.05, 0) is 38.8 Å². The van der Waals surface area contributed by atoms with Crippen molar-refractivity contribution in [3.63, 3.8) is 0 Å². The standard InChI is InChI=1S/C14H28N3O4PS3/c1-11(24-7)15-21-12(18)17(6)25-16-14(4,5)10-22(23)19-8-13(2,3)9-20-22/h16H,8-10H2,1-7H3. The Hall–Kier alpha value is 0.170. The lowest BCUT2D eigenvalue weighted by molar-refractivity contribution is 0.0589. The van der Waals surface area contributed by atoms with Crippen LogP contribution in [0.5, 0.6) is 0 Å². The Morgan fingerprint density at radius 1 is 1.44 bits per heavy atom. The number of nitrogens with zero attached hydrogens (tertiary/aromatic N) is 2. The molecule has 1 saturated heterocycles. The van der Waals surface area contributed by atoms with Crippen LogP contribution >= 0.6 is 30.4 Å². The second-order valence-corrected chi connectivity index (χ2v) is 12.9. The van der Waals surface area contributed by atoms with Gasteiger partial charge in [0.1, 0.15) is 5.04 Å². The Kier molecular flexibility index (Phi) is 8.72. The zero-order valence-electron chi connectivity index (χ0n) is 15.8. The van der Waals surface area contributed by atoms with Gasteiger partial charge in [0.2, 0.25) is 0 Å². The Morgan fingerprint density at radius 3 is 2.52 bits per heavy atom. The lowest BCUT2D eigenvalue weighted by Crippen LogP contribution is -2.42. The first-order chi connectivity index (χ1) is 11.4. The average molecular weight is 430 g/mol. The van der Waals surface area contributed by atoms with Gasteiger partial charge in [-0.25, -0.2) is 13.8 Å². The number of carbonyl (C=O) groups is 1. The number of carbonyl (C=O) groups excluding carboxylic acids is 1. The van der Waals surface area contributed by atoms with Crippen molar-refractivity contribution in [1.82, 2.24) is 9.03 Å². The smallest absolute Gasteiger partial charge is 0.329 e. The van der Waals surface area contributed by atoms with Crippen LogP contribution in [0.4, 0.5) is 4.79 Å². The van der Waals surface area contributed by atoms with Gasteiger partial charge in [-0.1, -0.05) is 19.0 Å². The highest BCUT2D eigenvalue weighted by Gasteiger charge is 2.37. The monoisotopic (exact) mass is 429 g/mol. The summed E-state index contributed by atoms with van der Waals surface area (Å²) in [7, 11) is 1.61. The van der Waals surface area contributed by atoms with Crippen molar-refractivity contribution in [2.45, 2.75) is 40.2 Å². The molecule has 11 heteroatoms. The van der Waals surface area contributed by atoms with E-state index in [4.69, 9.17) is 25.7 Å². The highest BCUT2D eigenvalue weighted by Crippen LogP contribution is 2.55. The molecule has 1 amide bonds. The molecule has 0 spiro atoms. The van der Waals surface area contributed by atoms with Gasteiger partial charge in [-0.2, -0.15) is 0 Å². The molecule has 1 aliphatic rings. The molecule has 1 rings (SSSR count). The first-order valence-electron chi connectivity index (χ1n) is 7.74. The third-order valence-corrected chi connectivity index (χ3v) is 8.13. The van der Waals surface area contributed by atoms with Crippen LogP contribution in [-0.4, -0.2) is 53.7 Å². The number of rotatable bonds is 6. The Labute approximate surface area is 164 Å². The quantitative estimate of drug-likeness (QED) is 0.169. The fourth-order valence-electron chi connectivity index (χ4n) is 1.66. The van der Waals surface area contributed by atoms with Crippen LogP contribution < -0.4 is 4.72 Å². The lowest BCUT2D eigenvalue weighted by Gasteiger charge is -2.40. The zero-order chi connectivity index (χ0) is 19.3. The minimum Gasteiger partial charge on any atom is -0.329 e. The van der Waals surface area contributed by atoms with Crippen LogP contribution in [0.2, 0.25) is 0 Å². The highest BCUT2D eigenvalue weighted by molar-refractivity contribution is 8.13. The summed E-state index contributed by atoms with van der Waals surface area (Å²) in [5.74, 6) is 0. The van der Waals surface area contributed by atoms with Crippen molar-refractivity contribution in [3.05, 3.63) is 0 Å². The maximum atomic E-state index is 11.9. The average Bonchev–Trinajstić information content (AvgIpc) is 2.53. The number of hydrogen-bond acceptors (Lipinski definition) is 9. The van der Waals surface area contributed by atoms with Gasteiger partial charge in [0.05, 0.1) is 13.2 Å². The maximum absolute atomic E-state index is 11.9. The molecule has 1 N–H and O–H groups in total. The lowest BCUT2D eigenvalue weighted by atomic mass is 9.97. The fraction of sp³-hybridized carbons (Fsp3) is 0.857. The normalized spacial score (nSPS) is 20.2. The van der Waals surface area contributed by atoms with E-state index in [0.29, 0.717) is 24.4 Å². The molecule has 0 unspecified atom stereocenters. The maximum Gasteiger partial charge on any atom is 0.446 e. The Morgan fingerprint density at radius 2 is 2.00 bits per heavy atom. The summed E-state index contributed by atoms with van der Waals surface area (Å²) in [6.07, 6.45) is 1.86. The van der Waals surface area contributed by atoms with Gasteiger partial charge < -0.3 is 9.05 Å². The number of hydrogen-bond donors (Lipinski definition) is 1. The van der Waals surface area contributed by atoms with Crippen molar-refractivity contribution < 1.29 is 18.7 Å². The predicted molar refractivity (Wildman–Crippen MR) is 111 cm³/mol. The van der Waals surface area contributed by atoms with E-state index in [-0.39, 0.29) is 11.0 Å². The van der Waals surface area contributed by atoms with E-state index in [9.17, 15) is 4.79 Å². The highest BCUT2D eigenvalue weighted by atomic mass is 32.5. The molecule has 0 atom stereocenters. The van der Waals surface area contributed by atoms with Crippen molar-refractivity contribution in [3.8, 4) is 0 Å². The molecule has 0 aromatic heterocycles. The summed E-state index contributed by atoms with van der Waals surface area (Å²) in [6.45, 7) is 8.82. The van der Waals surface area contributed by atoms with Crippen molar-refractivity contribution in [2.24, 2.45) is 10.6 Å². The number of thioether (sulfide) groups is 1. The van der Waals surface area contributed by atoms with E-state index in [1.54, 1.807) is 14.0 Å². The minimum absolute atomic E-state index is 0.00592. The first-order valence-corrected chi connectivity index (χ1v) is 12.6. The molecule has 0 bridgehead atoms. The molecule has 7 nitrogen and oxygen atoms in total. The van der Waals surface area contributed by atoms with Crippen LogP contribution in [0, 0.1) is 5.41 Å². The predicted octanol–water partition coefficient (Wildman–Crippen LogP) is 4.07. The van der Waals surface area contributed by atoms with E-state index in [0.717, 1.165) is 12.1 Å². The summed E-state index contributed by atoms with van der Waals surface area (Å²) in [6, 6.07) is 0. The van der Waals surface area contributed by atoms with Gasteiger partial charge in [-0.15, -0.1) is 11.8 Å². The molecule has 1 fully saturated rings. The van der Waals surface area contributed by atoms with E-state index in [1.165, 1.54) is 16.1 Å². The van der Waals surface area contributed by atoms with Crippen molar-refractivity contribution in [1.29, 1.82) is 0 Å². The summed E-state index contributed by atoms with van der Waals surface area (Å²) in [5, 5.41) is 4.40. The third kappa shape index (κ3) is 8.60. The zero-order valence-corrected chi connectivity index (χ0v) is 19.2. The summed E-state index contributed by atoms with van der Waals surface area (Å²) >= 11 is 8.15. The van der Waals surface area contributed by atoms with Crippen molar-refractivity contribution in [2.75, 3.05) is 32.7 Å². The van der Waals surface area contributed by atoms with Gasteiger partial charge >= 0.3 is 6.09 Å². The molecule has 1 aliphatic heterocycles. The SMILES string of the molecule is CSC(C)=NOC(=O)N(C)SNC(C)(C)CP1(=S)OCC(C)(C)CO1. The molecular formula is C14H28N3O4PS3. The topological polar surface area (TPSA) is 72.4 Å². The number of oxime groups is 1. The summed E-state index contributed by atoms with van der Waals surface area (Å²) in [5.41, 5.74) is -0.386. The minimum atomic E-state index is -2.33. The molecule has 146 valence electrons. The fourth-order valence-corrected chi connectivity index (χ4v) is 6.12. The van der Waals surface area contributed by atoms with E-state index in [1.807, 2.05) is 20.1 Å². The molecular weight excluding hydrogens is 401 g/mol. The molecule has 0 radical (unpaired) electrons. The van der Waals surface area contributed by atoms with Crippen LogP contribution in [0.1, 0.15) is 34.6 Å². The van der Waals surface area contributed by atoms with Crippen LogP contribution in [0.3, 0.4) is 0 Å². The Bertz CT molecular complexity index is 543. The number of amides is 1. The second-order valence-electron chi connectivity index (χ2n) is 7.23. The number of nitrogens with one attached hydrogen (secondary N) is 1. The van der Waals surface area contributed by atoms with E-state index >= 15 is 0 Å². The van der Waals surface area contributed by atoms with E-state index in [2.05, 4.69) is 23.7 Å². The van der Waals surface area contributed by atoms with Crippen LogP contribution in [-0.2, 0) is 25.7 Å². The summed E-state index contributed by atoms with van der Waals surface area (Å²) < 4.78 is 16.3. The van der Waals surface area contributed by atoms with Crippen LogP contribution in [0.25, 0.3) is 0 Å². The molecule has 0 aliphatic carbocycles. The summed E-state index contributed by atoms with van der Waals surface area (Å²) in [4.78, 5) is 16.7. The molecule has 25 heavy (non-hydrogen) atoms. The second kappa shape index (κ2) is 9.39. The molecule has 0 aromatic rings. The van der Waals surface area contributed by atoms with Gasteiger partial charge in [0, 0.05) is 36.3 Å². The van der Waals surface area contributed by atoms with E-state index < -0.39 is 12.6 Å². The molecule has 0 saturated carbocycles. The van der Waals surface area contributed by atoms with Gasteiger partial charge in [-0.3, -0.25) is 4.84 Å². The third-order valence-electron chi connectivity index (χ3n) is 3.16. The van der Waals surface area contributed by atoms with Crippen molar-refractivity contribution >= 4 is 53.3 Å². The molecule has 0 aromatic carbocycles. The molecule has 1 heterocycles. The van der Waals surface area contributed by atoms with Gasteiger partial charge in [0.15, 0.2) is 6.49 Å². The van der Waals surface area contributed by atoms with Gasteiger partial charge in [0.25, 0.3) is 0 Å². The first kappa shape index (κ1) is 23.2. The Balaban J connectivity index is 2.49.